The number of carbonyl (C=O) groups is 3. The molecule has 0 spiro atoms. The second kappa shape index (κ2) is 7.68. The molecule has 6 heteroatoms. The molecule has 28 heavy (non-hydrogen) atoms. The third kappa shape index (κ3) is 4.69. The van der Waals surface area contributed by atoms with Crippen LogP contribution in [0.3, 0.4) is 0 Å². The molecule has 1 atom stereocenters. The molecule has 158 valence electrons. The molecule has 0 aromatic carbocycles. The molecule has 4 aliphatic rings. The molecule has 0 radical (unpaired) electrons. The average Bonchev–Trinajstić information content (AvgIpc) is 2.54. The third-order valence-electron chi connectivity index (χ3n) is 6.59. The van der Waals surface area contributed by atoms with Gasteiger partial charge in [0.1, 0.15) is 6.04 Å². The van der Waals surface area contributed by atoms with E-state index in [1.54, 1.807) is 0 Å². The number of rotatable bonds is 6. The summed E-state index contributed by atoms with van der Waals surface area (Å²) in [6.45, 7) is 9.06. The van der Waals surface area contributed by atoms with Crippen molar-refractivity contribution in [1.29, 1.82) is 0 Å². The van der Waals surface area contributed by atoms with Crippen LogP contribution in [-0.2, 0) is 19.1 Å². The quantitative estimate of drug-likeness (QED) is 0.681. The third-order valence-corrected chi connectivity index (χ3v) is 6.59. The van der Waals surface area contributed by atoms with Crippen LogP contribution in [0.15, 0.2) is 0 Å². The summed E-state index contributed by atoms with van der Waals surface area (Å²) in [7, 11) is 0. The van der Waals surface area contributed by atoms with Gasteiger partial charge in [-0.05, 0) is 83.0 Å². The summed E-state index contributed by atoms with van der Waals surface area (Å²) < 4.78 is 5.23. The summed E-state index contributed by atoms with van der Waals surface area (Å²) in [4.78, 5) is 37.8. The number of ether oxygens (including phenoxy) is 1. The molecule has 4 fully saturated rings. The molecule has 4 aliphatic carbocycles. The molecule has 0 unspecified atom stereocenters. The average molecular weight is 393 g/mol. The van der Waals surface area contributed by atoms with Gasteiger partial charge < -0.3 is 15.4 Å². The molecule has 4 saturated carbocycles. The Hall–Kier alpha value is -1.59. The van der Waals surface area contributed by atoms with Crippen molar-refractivity contribution in [2.24, 2.45) is 29.1 Å². The molecule has 2 N–H and O–H groups in total. The zero-order valence-corrected chi connectivity index (χ0v) is 18.0. The van der Waals surface area contributed by atoms with Gasteiger partial charge in [0, 0.05) is 11.0 Å². The molecular formula is C22H36N2O4. The number of nitrogens with one attached hydrogen (secondary N) is 2. The maximum absolute atomic E-state index is 13.2. The van der Waals surface area contributed by atoms with Crippen LogP contribution in [-0.4, -0.2) is 36.0 Å². The van der Waals surface area contributed by atoms with Crippen LogP contribution < -0.4 is 10.6 Å². The van der Waals surface area contributed by atoms with Crippen molar-refractivity contribution in [3.63, 3.8) is 0 Å². The maximum Gasteiger partial charge on any atom is 0.329 e. The predicted octanol–water partition coefficient (Wildman–Crippen LogP) is 2.80. The van der Waals surface area contributed by atoms with E-state index in [1.807, 2.05) is 34.6 Å². The lowest BCUT2D eigenvalue weighted by atomic mass is 9.49. The summed E-state index contributed by atoms with van der Waals surface area (Å²) >= 11 is 0. The highest BCUT2D eigenvalue weighted by Crippen LogP contribution is 2.60. The number of carbonyl (C=O) groups excluding carboxylic acids is 3. The molecule has 0 aromatic heterocycles. The van der Waals surface area contributed by atoms with Crippen molar-refractivity contribution in [3.8, 4) is 0 Å². The van der Waals surface area contributed by atoms with Gasteiger partial charge in [0.05, 0.1) is 0 Å². The van der Waals surface area contributed by atoms with E-state index in [4.69, 9.17) is 4.74 Å². The highest BCUT2D eigenvalue weighted by atomic mass is 16.5. The topological polar surface area (TPSA) is 84.5 Å². The Bertz CT molecular complexity index is 600. The SMILES string of the molecule is CC(C)[C@H](NC(=O)C12CC3CC(CC(C3)C1)C2)C(=O)OCC(=O)NC(C)(C)C. The van der Waals surface area contributed by atoms with E-state index in [9.17, 15) is 14.4 Å². The Morgan fingerprint density at radius 3 is 1.93 bits per heavy atom. The van der Waals surface area contributed by atoms with E-state index in [2.05, 4.69) is 10.6 Å². The van der Waals surface area contributed by atoms with Crippen LogP contribution in [0.4, 0.5) is 0 Å². The minimum Gasteiger partial charge on any atom is -0.454 e. The molecule has 4 rings (SSSR count). The lowest BCUT2D eigenvalue weighted by Gasteiger charge is -2.55. The Morgan fingerprint density at radius 2 is 1.50 bits per heavy atom. The van der Waals surface area contributed by atoms with Gasteiger partial charge >= 0.3 is 5.97 Å². The molecule has 4 bridgehead atoms. The van der Waals surface area contributed by atoms with Crippen molar-refractivity contribution < 1.29 is 19.1 Å². The van der Waals surface area contributed by atoms with Gasteiger partial charge in [-0.2, -0.15) is 0 Å². The van der Waals surface area contributed by atoms with E-state index in [-0.39, 0.29) is 35.3 Å². The summed E-state index contributed by atoms with van der Waals surface area (Å²) in [5, 5.41) is 5.77. The maximum atomic E-state index is 13.2. The van der Waals surface area contributed by atoms with Gasteiger partial charge in [-0.25, -0.2) is 4.79 Å². The normalized spacial score (nSPS) is 32.1. The van der Waals surface area contributed by atoms with E-state index >= 15 is 0 Å². The predicted molar refractivity (Wildman–Crippen MR) is 106 cm³/mol. The Labute approximate surface area is 168 Å². The summed E-state index contributed by atoms with van der Waals surface area (Å²) in [6.07, 6.45) is 6.68. The molecule has 2 amide bonds. The monoisotopic (exact) mass is 392 g/mol. The smallest absolute Gasteiger partial charge is 0.329 e. The highest BCUT2D eigenvalue weighted by Gasteiger charge is 2.55. The van der Waals surface area contributed by atoms with Crippen molar-refractivity contribution in [1.82, 2.24) is 10.6 Å². The zero-order chi connectivity index (χ0) is 20.7. The van der Waals surface area contributed by atoms with Gasteiger partial charge in [0.15, 0.2) is 6.61 Å². The fourth-order valence-electron chi connectivity index (χ4n) is 5.86. The molecule has 0 saturated heterocycles. The van der Waals surface area contributed by atoms with Gasteiger partial charge in [0.2, 0.25) is 5.91 Å². The van der Waals surface area contributed by atoms with Crippen molar-refractivity contribution in [2.75, 3.05) is 6.61 Å². The first-order valence-corrected chi connectivity index (χ1v) is 10.8. The second-order valence-corrected chi connectivity index (χ2v) is 10.8. The van der Waals surface area contributed by atoms with Crippen LogP contribution >= 0.6 is 0 Å². The fraction of sp³-hybridized carbons (Fsp3) is 0.864. The Balaban J connectivity index is 1.59. The molecule has 0 heterocycles. The first kappa shape index (κ1) is 21.1. The number of hydrogen-bond donors (Lipinski definition) is 2. The fourth-order valence-corrected chi connectivity index (χ4v) is 5.86. The van der Waals surface area contributed by atoms with Crippen molar-refractivity contribution in [3.05, 3.63) is 0 Å². The Kier molecular flexibility index (Phi) is 5.79. The van der Waals surface area contributed by atoms with Gasteiger partial charge in [-0.3, -0.25) is 9.59 Å². The number of amides is 2. The number of esters is 1. The van der Waals surface area contributed by atoms with Gasteiger partial charge in [0.25, 0.3) is 5.91 Å². The summed E-state index contributed by atoms with van der Waals surface area (Å²) in [5.74, 6) is 1.05. The van der Waals surface area contributed by atoms with Crippen LogP contribution in [0.1, 0.15) is 73.1 Å². The first-order chi connectivity index (χ1) is 13.0. The summed E-state index contributed by atoms with van der Waals surface area (Å²) in [5.41, 5.74) is -0.681. The van der Waals surface area contributed by atoms with Gasteiger partial charge in [-0.15, -0.1) is 0 Å². The first-order valence-electron chi connectivity index (χ1n) is 10.8. The van der Waals surface area contributed by atoms with Crippen LogP contribution in [0.2, 0.25) is 0 Å². The Morgan fingerprint density at radius 1 is 1.00 bits per heavy atom. The van der Waals surface area contributed by atoms with Crippen LogP contribution in [0.25, 0.3) is 0 Å². The zero-order valence-electron chi connectivity index (χ0n) is 18.0. The van der Waals surface area contributed by atoms with E-state index in [0.717, 1.165) is 19.3 Å². The van der Waals surface area contributed by atoms with Crippen LogP contribution in [0, 0.1) is 29.1 Å². The van der Waals surface area contributed by atoms with Crippen LogP contribution in [0.5, 0.6) is 0 Å². The number of hydrogen-bond acceptors (Lipinski definition) is 4. The van der Waals surface area contributed by atoms with Gasteiger partial charge in [-0.1, -0.05) is 13.8 Å². The van der Waals surface area contributed by atoms with E-state index in [1.165, 1.54) is 19.3 Å². The molecule has 6 nitrogen and oxygen atoms in total. The minimum atomic E-state index is -0.719. The largest absolute Gasteiger partial charge is 0.454 e. The van der Waals surface area contributed by atoms with E-state index < -0.39 is 12.0 Å². The standard InChI is InChI=1S/C22H36N2O4/c1-13(2)18(19(26)28-12-17(25)24-21(3,4)5)23-20(27)22-9-14-6-15(10-22)8-16(7-14)11-22/h13-16,18H,6-12H2,1-5H3,(H,23,27)(H,24,25)/t14?,15?,16?,18-,22?/m0/s1. The molecule has 0 aliphatic heterocycles. The van der Waals surface area contributed by atoms with E-state index in [0.29, 0.717) is 17.8 Å². The lowest BCUT2D eigenvalue weighted by Crippen LogP contribution is -2.57. The van der Waals surface area contributed by atoms with Crippen molar-refractivity contribution >= 4 is 17.8 Å². The summed E-state index contributed by atoms with van der Waals surface area (Å²) in [6, 6.07) is -0.719. The molecular weight excluding hydrogens is 356 g/mol. The van der Waals surface area contributed by atoms with Crippen molar-refractivity contribution in [2.45, 2.75) is 84.7 Å². The second-order valence-electron chi connectivity index (χ2n) is 10.8. The minimum absolute atomic E-state index is 0.0152. The lowest BCUT2D eigenvalue weighted by molar-refractivity contribution is -0.157. The highest BCUT2D eigenvalue weighted by molar-refractivity contribution is 5.89. The molecule has 0 aromatic rings.